The van der Waals surface area contributed by atoms with Crippen LogP contribution in [0.15, 0.2) is 47.5 Å². The Kier molecular flexibility index (Phi) is 5.60. The van der Waals surface area contributed by atoms with E-state index in [9.17, 15) is 8.42 Å². The minimum atomic E-state index is -3.60. The Labute approximate surface area is 138 Å². The standard InChI is InChI=1S/C17H23N3O2S/c1-4-11-18-17-10-7-15(12-19-17)20-23(21,22)16-8-5-14(6-9-16)13(2)3/h5-10,12-13,20H,4,11H2,1-3H3,(H,18,19). The summed E-state index contributed by atoms with van der Waals surface area (Å²) in [5.41, 5.74) is 1.55. The number of rotatable bonds is 7. The zero-order chi connectivity index (χ0) is 16.9. The molecule has 5 nitrogen and oxygen atoms in total. The quantitative estimate of drug-likeness (QED) is 0.808. The lowest BCUT2D eigenvalue weighted by Gasteiger charge is -2.10. The first-order valence-corrected chi connectivity index (χ1v) is 9.23. The first-order valence-electron chi connectivity index (χ1n) is 7.75. The molecule has 124 valence electrons. The third-order valence-electron chi connectivity index (χ3n) is 3.43. The Balaban J connectivity index is 2.11. The summed E-state index contributed by atoms with van der Waals surface area (Å²) in [6.45, 7) is 7.05. The van der Waals surface area contributed by atoms with E-state index in [0.717, 1.165) is 24.3 Å². The van der Waals surface area contributed by atoms with Crippen molar-refractivity contribution >= 4 is 21.5 Å². The van der Waals surface area contributed by atoms with Crippen LogP contribution in [-0.4, -0.2) is 19.9 Å². The zero-order valence-corrected chi connectivity index (χ0v) is 14.5. The average molecular weight is 333 g/mol. The monoisotopic (exact) mass is 333 g/mol. The molecule has 0 atom stereocenters. The van der Waals surface area contributed by atoms with E-state index in [1.165, 1.54) is 6.20 Å². The van der Waals surface area contributed by atoms with Gasteiger partial charge in [-0.15, -0.1) is 0 Å². The van der Waals surface area contributed by atoms with Gasteiger partial charge in [0.05, 0.1) is 16.8 Å². The maximum atomic E-state index is 12.4. The lowest BCUT2D eigenvalue weighted by Crippen LogP contribution is -2.13. The predicted octanol–water partition coefficient (Wildman–Crippen LogP) is 3.83. The molecular weight excluding hydrogens is 310 g/mol. The van der Waals surface area contributed by atoms with Crippen LogP contribution in [0.25, 0.3) is 0 Å². The first-order chi connectivity index (χ1) is 10.9. The summed E-state index contributed by atoms with van der Waals surface area (Å²) in [6.07, 6.45) is 2.51. The van der Waals surface area contributed by atoms with E-state index in [-0.39, 0.29) is 4.90 Å². The van der Waals surface area contributed by atoms with E-state index in [1.807, 2.05) is 12.1 Å². The van der Waals surface area contributed by atoms with Gasteiger partial charge < -0.3 is 5.32 Å². The second kappa shape index (κ2) is 7.46. The minimum Gasteiger partial charge on any atom is -0.370 e. The molecule has 2 rings (SSSR count). The molecule has 0 aliphatic heterocycles. The molecule has 0 radical (unpaired) electrons. The summed E-state index contributed by atoms with van der Waals surface area (Å²) >= 11 is 0. The molecule has 2 N–H and O–H groups in total. The van der Waals surface area contributed by atoms with Gasteiger partial charge >= 0.3 is 0 Å². The van der Waals surface area contributed by atoms with Crippen LogP contribution in [0, 0.1) is 0 Å². The highest BCUT2D eigenvalue weighted by molar-refractivity contribution is 7.92. The summed E-state index contributed by atoms with van der Waals surface area (Å²) in [7, 11) is -3.60. The van der Waals surface area contributed by atoms with Gasteiger partial charge in [0.25, 0.3) is 10.0 Å². The number of benzene rings is 1. The topological polar surface area (TPSA) is 71.1 Å². The van der Waals surface area contributed by atoms with E-state index in [0.29, 0.717) is 11.6 Å². The number of aromatic nitrogens is 1. The second-order valence-corrected chi connectivity index (χ2v) is 7.37. The van der Waals surface area contributed by atoms with E-state index < -0.39 is 10.0 Å². The average Bonchev–Trinajstić information content (AvgIpc) is 2.54. The summed E-state index contributed by atoms with van der Waals surface area (Å²) in [5.74, 6) is 1.10. The van der Waals surface area contributed by atoms with Gasteiger partial charge in [0, 0.05) is 6.54 Å². The Morgan fingerprint density at radius 1 is 1.09 bits per heavy atom. The van der Waals surface area contributed by atoms with Crippen LogP contribution in [0.3, 0.4) is 0 Å². The molecule has 6 heteroatoms. The van der Waals surface area contributed by atoms with Crippen LogP contribution in [0.5, 0.6) is 0 Å². The Hall–Kier alpha value is -2.08. The molecule has 0 fully saturated rings. The molecule has 1 aromatic heterocycles. The SMILES string of the molecule is CCCNc1ccc(NS(=O)(=O)c2ccc(C(C)C)cc2)cn1. The Morgan fingerprint density at radius 3 is 2.30 bits per heavy atom. The first kappa shape index (κ1) is 17.3. The van der Waals surface area contributed by atoms with Crippen LogP contribution >= 0.6 is 0 Å². The zero-order valence-electron chi connectivity index (χ0n) is 13.7. The highest BCUT2D eigenvalue weighted by atomic mass is 32.2. The molecule has 0 bridgehead atoms. The Bertz CT molecular complexity index is 723. The van der Waals surface area contributed by atoms with Crippen molar-refractivity contribution < 1.29 is 8.42 Å². The number of hydrogen-bond donors (Lipinski definition) is 2. The van der Waals surface area contributed by atoms with Crippen molar-refractivity contribution in [1.82, 2.24) is 4.98 Å². The van der Waals surface area contributed by atoms with Gasteiger partial charge in [-0.1, -0.05) is 32.9 Å². The lowest BCUT2D eigenvalue weighted by molar-refractivity contribution is 0.601. The van der Waals surface area contributed by atoms with Gasteiger partial charge in [0.15, 0.2) is 0 Å². The fraction of sp³-hybridized carbons (Fsp3) is 0.353. The largest absolute Gasteiger partial charge is 0.370 e. The van der Waals surface area contributed by atoms with Gasteiger partial charge in [-0.2, -0.15) is 0 Å². The number of pyridine rings is 1. The molecule has 2 aromatic rings. The fourth-order valence-electron chi connectivity index (χ4n) is 2.06. The van der Waals surface area contributed by atoms with Crippen LogP contribution in [0.2, 0.25) is 0 Å². The van der Waals surface area contributed by atoms with Crippen molar-refractivity contribution in [1.29, 1.82) is 0 Å². The van der Waals surface area contributed by atoms with Crippen molar-refractivity contribution in [2.24, 2.45) is 0 Å². The van der Waals surface area contributed by atoms with Gasteiger partial charge in [-0.05, 0) is 42.2 Å². The van der Waals surface area contributed by atoms with Crippen LogP contribution in [0.4, 0.5) is 11.5 Å². The van der Waals surface area contributed by atoms with Crippen LogP contribution in [0.1, 0.15) is 38.7 Å². The molecule has 0 aliphatic rings. The summed E-state index contributed by atoms with van der Waals surface area (Å²) in [5, 5.41) is 3.14. The molecule has 0 spiro atoms. The molecule has 0 unspecified atom stereocenters. The summed E-state index contributed by atoms with van der Waals surface area (Å²) in [6, 6.07) is 10.4. The van der Waals surface area contributed by atoms with E-state index in [4.69, 9.17) is 0 Å². The minimum absolute atomic E-state index is 0.245. The molecule has 1 aromatic carbocycles. The number of sulfonamides is 1. The molecular formula is C17H23N3O2S. The van der Waals surface area contributed by atoms with Crippen LogP contribution in [-0.2, 0) is 10.0 Å². The molecule has 0 saturated carbocycles. The number of nitrogens with one attached hydrogen (secondary N) is 2. The van der Waals surface area contributed by atoms with E-state index in [2.05, 4.69) is 35.8 Å². The highest BCUT2D eigenvalue weighted by Crippen LogP contribution is 2.20. The smallest absolute Gasteiger partial charge is 0.261 e. The van der Waals surface area contributed by atoms with Crippen molar-refractivity contribution in [3.8, 4) is 0 Å². The van der Waals surface area contributed by atoms with Gasteiger partial charge in [-0.3, -0.25) is 4.72 Å². The number of anilines is 2. The molecule has 0 amide bonds. The van der Waals surface area contributed by atoms with Crippen molar-refractivity contribution in [3.63, 3.8) is 0 Å². The normalized spacial score (nSPS) is 11.5. The molecule has 1 heterocycles. The number of hydrogen-bond acceptors (Lipinski definition) is 4. The predicted molar refractivity (Wildman–Crippen MR) is 94.4 cm³/mol. The molecule has 0 aliphatic carbocycles. The molecule has 23 heavy (non-hydrogen) atoms. The number of nitrogens with zero attached hydrogens (tertiary/aromatic N) is 1. The van der Waals surface area contributed by atoms with Crippen molar-refractivity contribution in [2.75, 3.05) is 16.6 Å². The highest BCUT2D eigenvalue weighted by Gasteiger charge is 2.14. The third-order valence-corrected chi connectivity index (χ3v) is 4.83. The van der Waals surface area contributed by atoms with Crippen molar-refractivity contribution in [3.05, 3.63) is 48.2 Å². The van der Waals surface area contributed by atoms with Crippen molar-refractivity contribution in [2.45, 2.75) is 38.0 Å². The van der Waals surface area contributed by atoms with Gasteiger partial charge in [0.2, 0.25) is 0 Å². The van der Waals surface area contributed by atoms with Crippen LogP contribution < -0.4 is 10.0 Å². The second-order valence-electron chi connectivity index (χ2n) is 5.69. The Morgan fingerprint density at radius 2 is 1.78 bits per heavy atom. The van der Waals surface area contributed by atoms with E-state index >= 15 is 0 Å². The molecule has 0 saturated heterocycles. The maximum Gasteiger partial charge on any atom is 0.261 e. The fourth-order valence-corrected chi connectivity index (χ4v) is 3.10. The van der Waals surface area contributed by atoms with E-state index in [1.54, 1.807) is 24.3 Å². The third kappa shape index (κ3) is 4.69. The van der Waals surface area contributed by atoms with Gasteiger partial charge in [-0.25, -0.2) is 13.4 Å². The maximum absolute atomic E-state index is 12.4. The lowest BCUT2D eigenvalue weighted by atomic mass is 10.0. The van der Waals surface area contributed by atoms with Gasteiger partial charge in [0.1, 0.15) is 5.82 Å². The summed E-state index contributed by atoms with van der Waals surface area (Å²) < 4.78 is 27.3. The summed E-state index contributed by atoms with van der Waals surface area (Å²) in [4.78, 5) is 4.44.